The topological polar surface area (TPSA) is 72.9 Å². The van der Waals surface area contributed by atoms with E-state index in [-0.39, 0.29) is 16.2 Å². The molecule has 1 amide bonds. The zero-order valence-electron chi connectivity index (χ0n) is 21.1. The number of ketones is 2. The first kappa shape index (κ1) is 26.3. The van der Waals surface area contributed by atoms with Crippen molar-refractivity contribution in [1.82, 2.24) is 4.90 Å². The number of likely N-dealkylation sites (tertiary alicyclic amines) is 1. The minimum Gasteiger partial charge on any atom is -0.484 e. The van der Waals surface area contributed by atoms with E-state index in [9.17, 15) is 27.6 Å². The van der Waals surface area contributed by atoms with Gasteiger partial charge in [-0.25, -0.2) is 4.79 Å². The van der Waals surface area contributed by atoms with Gasteiger partial charge in [0.2, 0.25) is 11.6 Å². The molecule has 2 aliphatic heterocycles. The van der Waals surface area contributed by atoms with E-state index < -0.39 is 40.6 Å². The SMILES string of the molecule is CC(C)(C)OC(=O)N1CCC2(CC1)CSC1=C(O2)c2cc(-c3cccc(C(F)(F)F)c3)ccc2C(=O)C1=O. The minimum atomic E-state index is -4.49. The maximum Gasteiger partial charge on any atom is 0.416 e. The number of allylic oxidation sites excluding steroid dienone is 1. The maximum atomic E-state index is 13.3. The molecule has 5 rings (SSSR count). The van der Waals surface area contributed by atoms with Crippen LogP contribution in [0.3, 0.4) is 0 Å². The van der Waals surface area contributed by atoms with Crippen LogP contribution in [0.2, 0.25) is 0 Å². The molecule has 1 aliphatic carbocycles. The van der Waals surface area contributed by atoms with Crippen molar-refractivity contribution in [2.75, 3.05) is 18.8 Å². The largest absolute Gasteiger partial charge is 0.484 e. The number of piperidine rings is 1. The molecule has 3 aliphatic rings. The molecule has 200 valence electrons. The summed E-state index contributed by atoms with van der Waals surface area (Å²) < 4.78 is 51.8. The van der Waals surface area contributed by atoms with Crippen molar-refractivity contribution in [2.45, 2.75) is 51.0 Å². The molecule has 0 radical (unpaired) electrons. The minimum absolute atomic E-state index is 0.160. The summed E-state index contributed by atoms with van der Waals surface area (Å²) in [5.41, 5.74) is -0.700. The van der Waals surface area contributed by atoms with Crippen molar-refractivity contribution in [1.29, 1.82) is 0 Å². The number of hydrogen-bond acceptors (Lipinski definition) is 6. The van der Waals surface area contributed by atoms with E-state index in [4.69, 9.17) is 9.47 Å². The van der Waals surface area contributed by atoms with Crippen molar-refractivity contribution in [3.05, 3.63) is 64.1 Å². The Kier molecular flexibility index (Phi) is 6.37. The molecule has 0 N–H and O–H groups in total. The van der Waals surface area contributed by atoms with Crippen LogP contribution in [0.25, 0.3) is 16.9 Å². The highest BCUT2D eigenvalue weighted by molar-refractivity contribution is 8.04. The maximum absolute atomic E-state index is 13.3. The second-order valence-corrected chi connectivity index (χ2v) is 11.7. The molecule has 38 heavy (non-hydrogen) atoms. The number of alkyl halides is 3. The van der Waals surface area contributed by atoms with Crippen molar-refractivity contribution in [2.24, 2.45) is 0 Å². The van der Waals surface area contributed by atoms with Gasteiger partial charge in [-0.2, -0.15) is 13.2 Å². The van der Waals surface area contributed by atoms with Gasteiger partial charge in [0.25, 0.3) is 0 Å². The first-order valence-electron chi connectivity index (χ1n) is 12.2. The Labute approximate surface area is 222 Å². The number of carbonyl (C=O) groups excluding carboxylic acids is 3. The number of ether oxygens (including phenoxy) is 2. The number of fused-ring (bicyclic) bond motifs is 2. The van der Waals surface area contributed by atoms with Gasteiger partial charge >= 0.3 is 12.3 Å². The fraction of sp³-hybridized carbons (Fsp3) is 0.393. The fourth-order valence-electron chi connectivity index (χ4n) is 4.79. The van der Waals surface area contributed by atoms with Crippen LogP contribution >= 0.6 is 11.8 Å². The predicted octanol–water partition coefficient (Wildman–Crippen LogP) is 6.34. The Morgan fingerprint density at radius 3 is 2.32 bits per heavy atom. The molecule has 1 fully saturated rings. The van der Waals surface area contributed by atoms with E-state index in [2.05, 4.69) is 0 Å². The zero-order valence-corrected chi connectivity index (χ0v) is 21.9. The van der Waals surface area contributed by atoms with E-state index in [1.54, 1.807) is 37.8 Å². The number of halogens is 3. The summed E-state index contributed by atoms with van der Waals surface area (Å²) in [6.07, 6.45) is -3.89. The lowest BCUT2D eigenvalue weighted by atomic mass is 9.88. The van der Waals surface area contributed by atoms with Crippen molar-refractivity contribution < 1.29 is 37.0 Å². The molecule has 2 aromatic rings. The van der Waals surface area contributed by atoms with Gasteiger partial charge in [-0.1, -0.05) is 18.2 Å². The average Bonchev–Trinajstić information content (AvgIpc) is 2.86. The molecule has 2 aromatic carbocycles. The van der Waals surface area contributed by atoms with Crippen LogP contribution in [-0.2, 0) is 20.4 Å². The van der Waals surface area contributed by atoms with Gasteiger partial charge in [-0.05, 0) is 56.2 Å². The molecule has 2 heterocycles. The Bertz CT molecular complexity index is 1370. The lowest BCUT2D eigenvalue weighted by Crippen LogP contribution is -2.51. The van der Waals surface area contributed by atoms with Crippen LogP contribution in [0.15, 0.2) is 47.4 Å². The first-order valence-corrected chi connectivity index (χ1v) is 13.2. The normalized spacial score (nSPS) is 19.2. The average molecular weight is 546 g/mol. The molecule has 0 saturated carbocycles. The second-order valence-electron chi connectivity index (χ2n) is 10.7. The smallest absolute Gasteiger partial charge is 0.416 e. The Balaban J connectivity index is 1.45. The molecule has 0 bridgehead atoms. The molecule has 0 aromatic heterocycles. The van der Waals surface area contributed by atoms with E-state index >= 15 is 0 Å². The van der Waals surface area contributed by atoms with Gasteiger partial charge in [0, 0.05) is 42.8 Å². The molecule has 1 spiro atoms. The van der Waals surface area contributed by atoms with Gasteiger partial charge in [0.1, 0.15) is 21.9 Å². The summed E-state index contributed by atoms with van der Waals surface area (Å²) in [5.74, 6) is -0.595. The van der Waals surface area contributed by atoms with Crippen LogP contribution in [0, 0.1) is 0 Å². The highest BCUT2D eigenvalue weighted by Crippen LogP contribution is 2.48. The molecular weight excluding hydrogens is 519 g/mol. The standard InChI is InChI=1S/C28H26F3NO5S/c1-26(2,3)37-25(35)32-11-9-27(10-12-32)15-38-24-22(34)21(33)19-8-7-17(14-20(19)23(24)36-27)16-5-4-6-18(13-16)28(29,30)31/h4-8,13-14H,9-12,15H2,1-3H3. The molecule has 0 atom stereocenters. The Morgan fingerprint density at radius 2 is 1.66 bits per heavy atom. The number of Topliss-reactive ketones (excluding diaryl/α,β-unsaturated/α-hetero) is 2. The lowest BCUT2D eigenvalue weighted by Gasteiger charge is -2.45. The molecule has 10 heteroatoms. The Hall–Kier alpha value is -3.27. The summed E-state index contributed by atoms with van der Waals surface area (Å²) >= 11 is 1.26. The third kappa shape index (κ3) is 4.93. The summed E-state index contributed by atoms with van der Waals surface area (Å²) in [4.78, 5) is 40.1. The molecule has 1 saturated heterocycles. The Morgan fingerprint density at radius 1 is 0.974 bits per heavy atom. The number of amides is 1. The molecule has 6 nitrogen and oxygen atoms in total. The third-order valence-corrected chi connectivity index (χ3v) is 8.11. The van der Waals surface area contributed by atoms with Crippen LogP contribution < -0.4 is 0 Å². The van der Waals surface area contributed by atoms with E-state index in [0.717, 1.165) is 12.1 Å². The van der Waals surface area contributed by atoms with Crippen molar-refractivity contribution in [3.63, 3.8) is 0 Å². The number of nitrogens with zero attached hydrogens (tertiary/aromatic N) is 1. The number of hydrogen-bond donors (Lipinski definition) is 0. The van der Waals surface area contributed by atoms with Crippen molar-refractivity contribution >= 4 is 35.2 Å². The second kappa shape index (κ2) is 9.18. The molecular formula is C28H26F3NO5S. The third-order valence-electron chi connectivity index (χ3n) is 6.78. The monoisotopic (exact) mass is 545 g/mol. The number of thioether (sulfide) groups is 1. The summed E-state index contributed by atoms with van der Waals surface area (Å²) in [6.45, 7) is 6.22. The quantitative estimate of drug-likeness (QED) is 0.390. The highest BCUT2D eigenvalue weighted by atomic mass is 32.2. The van der Waals surface area contributed by atoms with E-state index in [0.29, 0.717) is 48.4 Å². The summed E-state index contributed by atoms with van der Waals surface area (Å²) in [6, 6.07) is 9.56. The van der Waals surface area contributed by atoms with E-state index in [1.807, 2.05) is 0 Å². The van der Waals surface area contributed by atoms with Gasteiger partial charge in [0.05, 0.1) is 5.56 Å². The lowest BCUT2D eigenvalue weighted by molar-refractivity contribution is -0.137. The van der Waals surface area contributed by atoms with E-state index in [1.165, 1.54) is 30.0 Å². The van der Waals surface area contributed by atoms with Crippen LogP contribution in [0.1, 0.15) is 55.1 Å². The fourth-order valence-corrected chi connectivity index (χ4v) is 6.05. The summed E-state index contributed by atoms with van der Waals surface area (Å²) in [7, 11) is 0. The van der Waals surface area contributed by atoms with Gasteiger partial charge < -0.3 is 14.4 Å². The number of carbonyl (C=O) groups is 3. The van der Waals surface area contributed by atoms with Crippen LogP contribution in [-0.4, -0.2) is 52.6 Å². The van der Waals surface area contributed by atoms with Crippen molar-refractivity contribution in [3.8, 4) is 11.1 Å². The van der Waals surface area contributed by atoms with Crippen LogP contribution in [0.4, 0.5) is 18.0 Å². The van der Waals surface area contributed by atoms with Gasteiger partial charge in [-0.15, -0.1) is 11.8 Å². The van der Waals surface area contributed by atoms with Gasteiger partial charge in [0.15, 0.2) is 0 Å². The first-order chi connectivity index (χ1) is 17.8. The van der Waals surface area contributed by atoms with Gasteiger partial charge in [-0.3, -0.25) is 9.59 Å². The highest BCUT2D eigenvalue weighted by Gasteiger charge is 2.47. The van der Waals surface area contributed by atoms with Crippen LogP contribution in [0.5, 0.6) is 0 Å². The zero-order chi connectivity index (χ0) is 27.5. The molecule has 0 unspecified atom stereocenters. The predicted molar refractivity (Wildman–Crippen MR) is 136 cm³/mol. The number of benzene rings is 2. The summed E-state index contributed by atoms with van der Waals surface area (Å²) in [5, 5.41) is 0. The number of rotatable bonds is 1.